The molecule has 0 amide bonds. The topological polar surface area (TPSA) is 17.3 Å². The molecular weight excluding hydrogens is 617 g/mol. The van der Waals surface area contributed by atoms with E-state index in [1.165, 1.54) is 4.48 Å². The quantitative estimate of drug-likeness (QED) is 0.170. The molecule has 0 atom stereocenters. The second kappa shape index (κ2) is 11.1. The Kier molecular flexibility index (Phi) is 6.37. The molecule has 8 aromatic carbocycles. The molecule has 0 N–H and O–H groups in total. The van der Waals surface area contributed by atoms with Crippen LogP contribution in [0, 0.1) is 0 Å². The number of aliphatic imine (C=N–C) groups is 1. The van der Waals surface area contributed by atoms with Crippen LogP contribution in [0.5, 0.6) is 0 Å². The molecule has 0 spiro atoms. The Morgan fingerprint density at radius 1 is 0.460 bits per heavy atom. The Morgan fingerprint density at radius 2 is 0.980 bits per heavy atom. The lowest BCUT2D eigenvalue weighted by Crippen LogP contribution is -2.16. The predicted octanol–water partition coefficient (Wildman–Crippen LogP) is 12.0. The van der Waals surface area contributed by atoms with Crippen LogP contribution in [0.25, 0.3) is 76.9 Å². The van der Waals surface area contributed by atoms with Crippen molar-refractivity contribution >= 4 is 78.7 Å². The fraction of sp³-hybridized carbons (Fsp3) is 0. The van der Waals surface area contributed by atoms with E-state index < -0.39 is 7.40 Å². The number of halogens is 2. The number of benzene rings is 8. The number of aromatic nitrogens is 1. The lowest BCUT2D eigenvalue weighted by Gasteiger charge is -2.13. The second-order valence-electron chi connectivity index (χ2n) is 12.8. The highest BCUT2D eigenvalue weighted by Crippen LogP contribution is 2.45. The Labute approximate surface area is 287 Å². The molecule has 0 bridgehead atoms. The van der Waals surface area contributed by atoms with E-state index in [9.17, 15) is 0 Å². The molecule has 0 fully saturated rings. The average Bonchev–Trinajstić information content (AvgIpc) is 3.70. The van der Waals surface area contributed by atoms with Crippen molar-refractivity contribution in [3.05, 3.63) is 180 Å². The van der Waals surface area contributed by atoms with Crippen molar-refractivity contribution in [2.75, 3.05) is 0 Å². The number of hydrogen-bond donors (Lipinski definition) is 0. The minimum atomic E-state index is -2.80. The highest BCUT2D eigenvalue weighted by molar-refractivity contribution is 6.44. The Morgan fingerprint density at radius 3 is 1.66 bits per heavy atom. The zero-order valence-corrected chi connectivity index (χ0v) is 26.8. The van der Waals surface area contributed by atoms with E-state index in [1.807, 2.05) is 109 Å². The second-order valence-corrected chi connectivity index (χ2v) is 12.8. The number of hydrogen-bond acceptors (Lipinski definition) is 1. The van der Waals surface area contributed by atoms with Gasteiger partial charge in [0.15, 0.2) is 0 Å². The molecular formula is C45H27BF2N2. The fourth-order valence-corrected chi connectivity index (χ4v) is 8.00. The van der Waals surface area contributed by atoms with Gasteiger partial charge in [-0.25, -0.2) is 4.99 Å². The van der Waals surface area contributed by atoms with Gasteiger partial charge in [-0.2, -0.15) is 0 Å². The summed E-state index contributed by atoms with van der Waals surface area (Å²) in [4.78, 5) is 5.34. The molecule has 5 heteroatoms. The summed E-state index contributed by atoms with van der Waals surface area (Å²) in [6.45, 7) is 0. The lowest BCUT2D eigenvalue weighted by atomic mass is 9.91. The minimum Gasteiger partial charge on any atom is -0.324 e. The molecule has 0 saturated heterocycles. The Balaban J connectivity index is 1.33. The standard InChI is InChI=1S/C45H27BF2N2/c47-46(48)50-41(39-26-24-31-14-4-8-20-35(31)43(39)45(50)37-22-10-16-29-12-2-6-18-33(29)37)27-40-38-25-23-30-13-3-7-19-34(30)42(38)44(49-40)36-21-9-15-28-11-1-5-17-32(28)36/h1-27H/b40-27-. The highest BCUT2D eigenvalue weighted by Gasteiger charge is 2.31. The van der Waals surface area contributed by atoms with E-state index >= 15 is 8.63 Å². The van der Waals surface area contributed by atoms with Crippen LogP contribution in [0.2, 0.25) is 0 Å². The first-order valence-electron chi connectivity index (χ1n) is 16.8. The van der Waals surface area contributed by atoms with Crippen molar-refractivity contribution in [1.29, 1.82) is 0 Å². The van der Waals surface area contributed by atoms with Gasteiger partial charge in [0.1, 0.15) is 0 Å². The molecule has 9 aromatic rings. The summed E-state index contributed by atoms with van der Waals surface area (Å²) in [6, 6.07) is 53.1. The fourth-order valence-electron chi connectivity index (χ4n) is 8.00. The summed E-state index contributed by atoms with van der Waals surface area (Å²) in [5.41, 5.74) is 6.17. The van der Waals surface area contributed by atoms with Crippen LogP contribution < -0.4 is 0 Å². The van der Waals surface area contributed by atoms with Gasteiger partial charge in [0, 0.05) is 44.4 Å². The Hall–Kier alpha value is -6.33. The molecule has 1 aliphatic heterocycles. The summed E-state index contributed by atoms with van der Waals surface area (Å²) in [6.07, 6.45) is 1.88. The zero-order valence-electron chi connectivity index (χ0n) is 26.8. The third-order valence-corrected chi connectivity index (χ3v) is 10.2. The smallest absolute Gasteiger partial charge is 0.324 e. The van der Waals surface area contributed by atoms with Crippen LogP contribution in [0.1, 0.15) is 22.4 Å². The van der Waals surface area contributed by atoms with Crippen LogP contribution in [0.4, 0.5) is 8.63 Å². The van der Waals surface area contributed by atoms with Crippen molar-refractivity contribution in [1.82, 2.24) is 4.48 Å². The summed E-state index contributed by atoms with van der Waals surface area (Å²) in [5, 5.41) is 9.83. The van der Waals surface area contributed by atoms with Crippen LogP contribution >= 0.6 is 0 Å². The van der Waals surface area contributed by atoms with Crippen LogP contribution in [0.15, 0.2) is 163 Å². The summed E-state index contributed by atoms with van der Waals surface area (Å²) in [5.74, 6) is 0. The summed E-state index contributed by atoms with van der Waals surface area (Å²) < 4.78 is 32.8. The maximum Gasteiger partial charge on any atom is 0.678 e. The van der Waals surface area contributed by atoms with E-state index in [4.69, 9.17) is 4.99 Å². The van der Waals surface area contributed by atoms with Crippen molar-refractivity contribution in [2.24, 2.45) is 4.99 Å². The molecule has 0 saturated carbocycles. The Bertz CT molecular complexity index is 2910. The molecule has 50 heavy (non-hydrogen) atoms. The van der Waals surface area contributed by atoms with Gasteiger partial charge in [0.25, 0.3) is 0 Å². The monoisotopic (exact) mass is 644 g/mol. The number of nitrogens with zero attached hydrogens (tertiary/aromatic N) is 2. The van der Waals surface area contributed by atoms with E-state index in [0.717, 1.165) is 81.8 Å². The zero-order chi connectivity index (χ0) is 33.3. The molecule has 10 rings (SSSR count). The molecule has 1 aliphatic rings. The predicted molar refractivity (Wildman–Crippen MR) is 207 cm³/mol. The number of fused-ring (bicyclic) bond motifs is 8. The van der Waals surface area contributed by atoms with Gasteiger partial charge in [-0.05, 0) is 49.2 Å². The largest absolute Gasteiger partial charge is 0.678 e. The van der Waals surface area contributed by atoms with Crippen LogP contribution in [-0.2, 0) is 0 Å². The SMILES string of the molecule is FB(F)n1c(/C=C2\N=C(c3cccc4ccccc34)c3c2ccc2ccccc32)c2ccc3ccccc3c2c1-c1cccc2ccccc12. The highest BCUT2D eigenvalue weighted by atomic mass is 19.2. The van der Waals surface area contributed by atoms with Gasteiger partial charge >= 0.3 is 7.40 Å². The number of rotatable bonds is 4. The van der Waals surface area contributed by atoms with Crippen molar-refractivity contribution < 1.29 is 8.63 Å². The lowest BCUT2D eigenvalue weighted by molar-refractivity contribution is 0.631. The molecule has 1 aromatic heterocycles. The van der Waals surface area contributed by atoms with E-state index in [0.29, 0.717) is 17.1 Å². The third kappa shape index (κ3) is 4.23. The van der Waals surface area contributed by atoms with Gasteiger partial charge in [0.2, 0.25) is 0 Å². The van der Waals surface area contributed by atoms with Crippen LogP contribution in [0.3, 0.4) is 0 Å². The maximum atomic E-state index is 15.8. The molecule has 2 nitrogen and oxygen atoms in total. The van der Waals surface area contributed by atoms with Crippen molar-refractivity contribution in [3.63, 3.8) is 0 Å². The maximum absolute atomic E-state index is 15.8. The van der Waals surface area contributed by atoms with Gasteiger partial charge in [-0.3, -0.25) is 8.63 Å². The van der Waals surface area contributed by atoms with Gasteiger partial charge in [-0.15, -0.1) is 0 Å². The summed E-state index contributed by atoms with van der Waals surface area (Å²) >= 11 is 0. The normalized spacial score (nSPS) is 13.6. The first-order chi connectivity index (χ1) is 24.7. The molecule has 0 radical (unpaired) electrons. The van der Waals surface area contributed by atoms with E-state index in [1.54, 1.807) is 0 Å². The first-order valence-corrected chi connectivity index (χ1v) is 16.8. The third-order valence-electron chi connectivity index (χ3n) is 10.2. The minimum absolute atomic E-state index is 0.431. The molecule has 0 unspecified atom stereocenters. The van der Waals surface area contributed by atoms with Gasteiger partial charge in [0.05, 0.1) is 11.4 Å². The van der Waals surface area contributed by atoms with E-state index in [-0.39, 0.29) is 0 Å². The van der Waals surface area contributed by atoms with Crippen LogP contribution in [-0.4, -0.2) is 17.6 Å². The van der Waals surface area contributed by atoms with Gasteiger partial charge in [-0.1, -0.05) is 158 Å². The average molecular weight is 645 g/mol. The molecule has 0 aliphatic carbocycles. The summed E-state index contributed by atoms with van der Waals surface area (Å²) in [7, 11) is -2.80. The first kappa shape index (κ1) is 28.7. The van der Waals surface area contributed by atoms with Crippen molar-refractivity contribution in [2.45, 2.75) is 0 Å². The van der Waals surface area contributed by atoms with Crippen molar-refractivity contribution in [3.8, 4) is 11.3 Å². The van der Waals surface area contributed by atoms with E-state index in [2.05, 4.69) is 54.6 Å². The van der Waals surface area contributed by atoms with Gasteiger partial charge < -0.3 is 4.48 Å². The molecule has 234 valence electrons. The molecule has 2 heterocycles.